The molecule has 0 bridgehead atoms. The van der Waals surface area contributed by atoms with Crippen LogP contribution in [-0.2, 0) is 24.0 Å². The summed E-state index contributed by atoms with van der Waals surface area (Å²) in [4.78, 5) is 101. The molecule has 2 aromatic heterocycles. The van der Waals surface area contributed by atoms with Crippen LogP contribution in [0.15, 0.2) is 39.0 Å². The standard InChI is InChI=1S/C30H29N7O14S2/c1-4-11(33-21(41)9-6-32-12-5-14(38)20(40)16(26(44)45)15(12)19(9)39)10-7-52-25-18(23(43)37(25)24(10)50-29(48)49)35-22(42)17(13-8-53-28(31)34-13)36-51-30(2,3)27(46)47/h5-6,8,11,18,25,38,40H,4,7H2,1-3H3,(H2,31,34)(H,32,39)(H,33,41)(H,35,42)(H,44,45)(H,46,47)(H,48,49)/b36-17-/t11?,18?,25-/m0/s1. The molecule has 53 heavy (non-hydrogen) atoms. The van der Waals surface area contributed by atoms with Gasteiger partial charge >= 0.3 is 18.1 Å². The van der Waals surface area contributed by atoms with Crippen LogP contribution in [0.2, 0.25) is 0 Å². The number of carbonyl (C=O) groups is 6. The van der Waals surface area contributed by atoms with Crippen molar-refractivity contribution in [1.29, 1.82) is 0 Å². The fourth-order valence-corrected chi connectivity index (χ4v) is 7.19. The second-order valence-electron chi connectivity index (χ2n) is 11.8. The van der Waals surface area contributed by atoms with E-state index in [0.717, 1.165) is 40.3 Å². The number of nitrogens with zero attached hydrogens (tertiary/aromatic N) is 3. The normalized spacial score (nSPS) is 17.8. The third kappa shape index (κ3) is 7.10. The van der Waals surface area contributed by atoms with E-state index >= 15 is 0 Å². The van der Waals surface area contributed by atoms with Crippen LogP contribution in [0.5, 0.6) is 11.5 Å². The Morgan fingerprint density at radius 2 is 1.89 bits per heavy atom. The van der Waals surface area contributed by atoms with Crippen molar-refractivity contribution in [3.05, 3.63) is 56.1 Å². The van der Waals surface area contributed by atoms with Gasteiger partial charge in [0, 0.05) is 29.0 Å². The number of hydrogen-bond donors (Lipinski definition) is 9. The van der Waals surface area contributed by atoms with Gasteiger partial charge in [0.15, 0.2) is 22.3 Å². The third-order valence-electron chi connectivity index (χ3n) is 7.99. The van der Waals surface area contributed by atoms with Crippen molar-refractivity contribution >= 4 is 80.7 Å². The highest BCUT2D eigenvalue weighted by Gasteiger charge is 2.55. The quantitative estimate of drug-likeness (QED) is 0.0403. The molecular formula is C30H29N7O14S2. The summed E-state index contributed by atoms with van der Waals surface area (Å²) in [5, 5.41) is 57.2. The number of ether oxygens (including phenoxy) is 1. The summed E-state index contributed by atoms with van der Waals surface area (Å²) in [5.74, 6) is -8.46. The van der Waals surface area contributed by atoms with E-state index in [0.29, 0.717) is 0 Å². The molecule has 3 aromatic rings. The number of oxime groups is 1. The molecule has 280 valence electrons. The minimum Gasteiger partial charge on any atom is -0.504 e. The Labute approximate surface area is 304 Å². The maximum atomic E-state index is 13.5. The van der Waals surface area contributed by atoms with Gasteiger partial charge < -0.3 is 56.5 Å². The maximum Gasteiger partial charge on any atom is 0.512 e. The third-order valence-corrected chi connectivity index (χ3v) is 9.97. The molecule has 0 saturated carbocycles. The van der Waals surface area contributed by atoms with Crippen LogP contribution in [0, 0.1) is 0 Å². The minimum absolute atomic E-state index is 0.0484. The van der Waals surface area contributed by atoms with Gasteiger partial charge in [-0.05, 0) is 20.3 Å². The number of fused-ring (bicyclic) bond motifs is 2. The van der Waals surface area contributed by atoms with E-state index < -0.39 is 104 Å². The average Bonchev–Trinajstić information content (AvgIpc) is 3.51. The lowest BCUT2D eigenvalue weighted by molar-refractivity contribution is -0.161. The molecule has 21 nitrogen and oxygen atoms in total. The summed E-state index contributed by atoms with van der Waals surface area (Å²) in [7, 11) is 0. The van der Waals surface area contributed by atoms with E-state index in [1.807, 2.05) is 0 Å². The number of thioether (sulfide) groups is 1. The molecule has 1 aromatic carbocycles. The van der Waals surface area contributed by atoms with Crippen molar-refractivity contribution in [2.75, 3.05) is 11.5 Å². The van der Waals surface area contributed by atoms with Crippen LogP contribution < -0.4 is 21.8 Å². The number of carboxylic acid groups (broad SMARTS) is 3. The number of carbonyl (C=O) groups excluding carboxylic acids is 3. The van der Waals surface area contributed by atoms with Gasteiger partial charge in [0.05, 0.1) is 16.9 Å². The Morgan fingerprint density at radius 1 is 1.19 bits per heavy atom. The van der Waals surface area contributed by atoms with Gasteiger partial charge in [-0.15, -0.1) is 23.1 Å². The smallest absolute Gasteiger partial charge is 0.504 e. The van der Waals surface area contributed by atoms with E-state index in [1.165, 1.54) is 19.2 Å². The number of aromatic nitrogens is 2. The molecule has 10 N–H and O–H groups in total. The van der Waals surface area contributed by atoms with Gasteiger partial charge in [0.25, 0.3) is 17.7 Å². The highest BCUT2D eigenvalue weighted by Crippen LogP contribution is 2.42. The minimum atomic E-state index is -1.86. The molecular weight excluding hydrogens is 746 g/mol. The number of aromatic amines is 1. The van der Waals surface area contributed by atoms with Crippen LogP contribution in [0.3, 0.4) is 0 Å². The first-order valence-corrected chi connectivity index (χ1v) is 17.0. The number of aromatic hydroxyl groups is 2. The number of thiazole rings is 1. The highest BCUT2D eigenvalue weighted by molar-refractivity contribution is 8.00. The SMILES string of the molecule is CCC(NC(=O)c1c[nH]c2cc(O)c(O)c(C(=O)O)c2c1=O)C1=C(OC(=O)O)N2C(=O)C(NC(=O)/C(=N\OC(C)(C)C(=O)O)c3csc(N)n3)[C@@H]2SC1. The molecule has 3 atom stereocenters. The van der Waals surface area contributed by atoms with Crippen LogP contribution in [0.25, 0.3) is 10.9 Å². The summed E-state index contributed by atoms with van der Waals surface area (Å²) < 4.78 is 5.01. The fourth-order valence-electron chi connectivity index (χ4n) is 5.24. The number of rotatable bonds is 12. The van der Waals surface area contributed by atoms with Crippen molar-refractivity contribution < 1.29 is 63.9 Å². The molecule has 0 radical (unpaired) electrons. The van der Waals surface area contributed by atoms with Crippen LogP contribution >= 0.6 is 23.1 Å². The zero-order valence-electron chi connectivity index (χ0n) is 27.5. The van der Waals surface area contributed by atoms with Gasteiger partial charge in [-0.3, -0.25) is 24.1 Å². The topological polar surface area (TPSA) is 333 Å². The Bertz CT molecular complexity index is 2210. The van der Waals surface area contributed by atoms with Gasteiger partial charge in [0.2, 0.25) is 16.9 Å². The number of β-lactam (4-membered cyclic amide) rings is 1. The zero-order valence-corrected chi connectivity index (χ0v) is 29.2. The number of benzene rings is 1. The Morgan fingerprint density at radius 3 is 2.47 bits per heavy atom. The molecule has 5 rings (SSSR count). The van der Waals surface area contributed by atoms with E-state index in [2.05, 4.69) is 25.8 Å². The monoisotopic (exact) mass is 775 g/mol. The van der Waals surface area contributed by atoms with Gasteiger partial charge in [-0.25, -0.2) is 19.4 Å². The molecule has 3 amide bonds. The van der Waals surface area contributed by atoms with Crippen molar-refractivity contribution in [3.8, 4) is 11.5 Å². The number of nitrogen functional groups attached to an aromatic ring is 1. The second kappa shape index (κ2) is 14.3. The predicted octanol–water partition coefficient (Wildman–Crippen LogP) is 0.775. The van der Waals surface area contributed by atoms with Gasteiger partial charge in [-0.2, -0.15) is 0 Å². The second-order valence-corrected chi connectivity index (χ2v) is 13.8. The number of carboxylic acids is 2. The Hall–Kier alpha value is -6.36. The number of aliphatic carboxylic acids is 1. The molecule has 4 heterocycles. The fraction of sp³-hybridized carbons (Fsp3) is 0.300. The highest BCUT2D eigenvalue weighted by atomic mass is 32.2. The summed E-state index contributed by atoms with van der Waals surface area (Å²) in [6.07, 6.45) is -0.778. The largest absolute Gasteiger partial charge is 0.512 e. The molecule has 1 saturated heterocycles. The molecule has 1 fully saturated rings. The number of phenols is 2. The lowest BCUT2D eigenvalue weighted by Gasteiger charge is -2.49. The first kappa shape index (κ1) is 37.9. The number of pyridine rings is 1. The van der Waals surface area contributed by atoms with Gasteiger partial charge in [0.1, 0.15) is 28.2 Å². The van der Waals surface area contributed by atoms with E-state index in [-0.39, 0.29) is 34.1 Å². The van der Waals surface area contributed by atoms with Crippen LogP contribution in [-0.4, -0.2) is 111 Å². The number of nitrogens with one attached hydrogen (secondary N) is 3. The summed E-state index contributed by atoms with van der Waals surface area (Å²) in [6, 6.07) is -1.43. The van der Waals surface area contributed by atoms with E-state index in [4.69, 9.17) is 15.3 Å². The number of hydrogen-bond acceptors (Lipinski definition) is 16. The predicted molar refractivity (Wildman–Crippen MR) is 183 cm³/mol. The van der Waals surface area contributed by atoms with Crippen molar-refractivity contribution in [1.82, 2.24) is 25.5 Å². The molecule has 0 aliphatic carbocycles. The number of nitrogens with two attached hydrogens (primary N) is 1. The number of amides is 3. The molecule has 2 unspecified atom stereocenters. The summed E-state index contributed by atoms with van der Waals surface area (Å²) in [5.41, 5.74) is 0.525. The molecule has 2 aliphatic heterocycles. The van der Waals surface area contributed by atoms with Gasteiger partial charge in [-0.1, -0.05) is 12.1 Å². The number of phenolic OH excluding ortho intramolecular Hbond substituents is 1. The van der Waals surface area contributed by atoms with E-state index in [9.17, 15) is 59.1 Å². The first-order chi connectivity index (χ1) is 24.9. The zero-order chi connectivity index (χ0) is 39.1. The molecule has 23 heteroatoms. The van der Waals surface area contributed by atoms with Crippen LogP contribution in [0.4, 0.5) is 9.93 Å². The number of anilines is 1. The Kier molecular flexibility index (Phi) is 10.2. The summed E-state index contributed by atoms with van der Waals surface area (Å²) >= 11 is 2.01. The van der Waals surface area contributed by atoms with E-state index in [1.54, 1.807) is 6.92 Å². The summed E-state index contributed by atoms with van der Waals surface area (Å²) in [6.45, 7) is 3.97. The first-order valence-electron chi connectivity index (χ1n) is 15.1. The lowest BCUT2D eigenvalue weighted by atomic mass is 10.0. The lowest BCUT2D eigenvalue weighted by Crippen LogP contribution is -2.71. The maximum absolute atomic E-state index is 13.5. The molecule has 0 spiro atoms. The van der Waals surface area contributed by atoms with Crippen LogP contribution in [0.1, 0.15) is 53.6 Å². The average molecular weight is 776 g/mol. The van der Waals surface area contributed by atoms with Crippen molar-refractivity contribution in [2.45, 2.75) is 50.3 Å². The number of aromatic carboxylic acids is 1. The molecule has 2 aliphatic rings. The number of H-pyrrole nitrogens is 1. The van der Waals surface area contributed by atoms with Crippen molar-refractivity contribution in [3.63, 3.8) is 0 Å². The van der Waals surface area contributed by atoms with Crippen molar-refractivity contribution in [2.24, 2.45) is 5.16 Å². The Balaban J connectivity index is 1.42.